The van der Waals surface area contributed by atoms with Gasteiger partial charge < -0.3 is 5.32 Å². The molecule has 1 aromatic rings. The molecule has 0 aliphatic heterocycles. The van der Waals surface area contributed by atoms with Gasteiger partial charge in [-0.25, -0.2) is 4.68 Å². The molecule has 0 amide bonds. The Morgan fingerprint density at radius 1 is 1.29 bits per heavy atom. The molecule has 0 aliphatic rings. The highest BCUT2D eigenvalue weighted by Gasteiger charge is 2.12. The van der Waals surface area contributed by atoms with Gasteiger partial charge in [-0.05, 0) is 32.1 Å². The quantitative estimate of drug-likeness (QED) is 0.780. The minimum Gasteiger partial charge on any atom is -0.370 e. The lowest BCUT2D eigenvalue weighted by Gasteiger charge is -2.14. The van der Waals surface area contributed by atoms with E-state index in [1.165, 1.54) is 11.5 Å². The number of nitrogens with one attached hydrogen (secondary N) is 1. The van der Waals surface area contributed by atoms with Gasteiger partial charge in [-0.2, -0.15) is 5.10 Å². The van der Waals surface area contributed by atoms with E-state index in [2.05, 4.69) is 50.7 Å². The topological polar surface area (TPSA) is 29.9 Å². The first-order valence-corrected chi connectivity index (χ1v) is 6.90. The second-order valence-electron chi connectivity index (χ2n) is 5.25. The summed E-state index contributed by atoms with van der Waals surface area (Å²) in [6.45, 7) is 12.1. The zero-order chi connectivity index (χ0) is 12.8. The van der Waals surface area contributed by atoms with Gasteiger partial charge in [0.05, 0.1) is 11.7 Å². The molecule has 0 saturated heterocycles. The Morgan fingerprint density at radius 2 is 2.00 bits per heavy atom. The lowest BCUT2D eigenvalue weighted by Crippen LogP contribution is -2.12. The summed E-state index contributed by atoms with van der Waals surface area (Å²) in [5.74, 6) is 1.84. The van der Waals surface area contributed by atoms with Gasteiger partial charge in [-0.15, -0.1) is 0 Å². The lowest BCUT2D eigenvalue weighted by atomic mass is 10.1. The van der Waals surface area contributed by atoms with Crippen molar-refractivity contribution < 1.29 is 0 Å². The second kappa shape index (κ2) is 6.67. The van der Waals surface area contributed by atoms with Gasteiger partial charge in [-0.3, -0.25) is 0 Å². The lowest BCUT2D eigenvalue weighted by molar-refractivity contribution is 0.474. The predicted octanol–water partition coefficient (Wildman–Crippen LogP) is 3.87. The van der Waals surface area contributed by atoms with E-state index in [-0.39, 0.29) is 0 Å². The molecule has 1 heterocycles. The molecular weight excluding hydrogens is 210 g/mol. The zero-order valence-corrected chi connectivity index (χ0v) is 12.0. The second-order valence-corrected chi connectivity index (χ2v) is 5.25. The first-order valence-electron chi connectivity index (χ1n) is 6.90. The van der Waals surface area contributed by atoms with Crippen molar-refractivity contribution in [1.82, 2.24) is 9.78 Å². The average molecular weight is 237 g/mol. The Balaban J connectivity index is 2.86. The molecule has 17 heavy (non-hydrogen) atoms. The number of aromatic nitrogens is 2. The van der Waals surface area contributed by atoms with E-state index in [1.807, 2.05) is 0 Å². The Bertz CT molecular complexity index is 328. The van der Waals surface area contributed by atoms with Crippen molar-refractivity contribution in [3.63, 3.8) is 0 Å². The third-order valence-corrected chi connectivity index (χ3v) is 2.97. The highest BCUT2D eigenvalue weighted by molar-refractivity contribution is 5.37. The molecule has 3 nitrogen and oxygen atoms in total. The highest BCUT2D eigenvalue weighted by atomic mass is 15.3. The molecule has 1 unspecified atom stereocenters. The molecular formula is C14H27N3. The van der Waals surface area contributed by atoms with Crippen molar-refractivity contribution in [3.05, 3.63) is 11.8 Å². The van der Waals surface area contributed by atoms with Crippen molar-refractivity contribution in [3.8, 4) is 0 Å². The Kier molecular flexibility index (Phi) is 5.52. The standard InChI is InChI=1S/C14H27N3/c1-6-8-15-14-10-13(9-11(3)4)16-17(14)12(5)7-2/h10-12,15H,6-9H2,1-5H3. The summed E-state index contributed by atoms with van der Waals surface area (Å²) in [5.41, 5.74) is 1.21. The normalized spacial score (nSPS) is 13.1. The van der Waals surface area contributed by atoms with Crippen LogP contribution >= 0.6 is 0 Å². The first-order chi connectivity index (χ1) is 8.08. The molecule has 0 aromatic carbocycles. The highest BCUT2D eigenvalue weighted by Crippen LogP contribution is 2.20. The molecule has 1 atom stereocenters. The molecule has 0 spiro atoms. The van der Waals surface area contributed by atoms with Crippen molar-refractivity contribution in [2.75, 3.05) is 11.9 Å². The van der Waals surface area contributed by atoms with Crippen molar-refractivity contribution in [1.29, 1.82) is 0 Å². The molecule has 1 aromatic heterocycles. The van der Waals surface area contributed by atoms with Gasteiger partial charge in [-0.1, -0.05) is 27.7 Å². The van der Waals surface area contributed by atoms with Crippen LogP contribution in [-0.4, -0.2) is 16.3 Å². The molecule has 0 radical (unpaired) electrons. The zero-order valence-electron chi connectivity index (χ0n) is 12.0. The summed E-state index contributed by atoms with van der Waals surface area (Å²) in [7, 11) is 0. The fourth-order valence-corrected chi connectivity index (χ4v) is 1.86. The summed E-state index contributed by atoms with van der Waals surface area (Å²) in [6, 6.07) is 2.68. The molecule has 0 fully saturated rings. The smallest absolute Gasteiger partial charge is 0.124 e. The molecule has 0 saturated carbocycles. The summed E-state index contributed by atoms with van der Waals surface area (Å²) in [5, 5.41) is 8.20. The van der Waals surface area contributed by atoms with Crippen molar-refractivity contribution in [2.24, 2.45) is 5.92 Å². The molecule has 0 aliphatic carbocycles. The minimum absolute atomic E-state index is 0.468. The fraction of sp³-hybridized carbons (Fsp3) is 0.786. The average Bonchev–Trinajstić information content (AvgIpc) is 2.67. The van der Waals surface area contributed by atoms with Crippen molar-refractivity contribution in [2.45, 2.75) is 59.9 Å². The number of anilines is 1. The molecule has 1 N–H and O–H groups in total. The van der Waals surface area contributed by atoms with Crippen LogP contribution in [0.25, 0.3) is 0 Å². The molecule has 3 heteroatoms. The maximum absolute atomic E-state index is 4.73. The Hall–Kier alpha value is -0.990. The van der Waals surface area contributed by atoms with Crippen LogP contribution in [-0.2, 0) is 6.42 Å². The molecule has 1 rings (SSSR count). The Labute approximate surface area is 106 Å². The van der Waals surface area contributed by atoms with E-state index < -0.39 is 0 Å². The summed E-state index contributed by atoms with van der Waals surface area (Å²) >= 11 is 0. The van der Waals surface area contributed by atoms with Crippen LogP contribution in [0, 0.1) is 5.92 Å². The number of hydrogen-bond donors (Lipinski definition) is 1. The molecule has 0 bridgehead atoms. The van der Waals surface area contributed by atoms with E-state index in [9.17, 15) is 0 Å². The summed E-state index contributed by atoms with van der Waals surface area (Å²) < 4.78 is 2.15. The first kappa shape index (κ1) is 14.1. The fourth-order valence-electron chi connectivity index (χ4n) is 1.86. The minimum atomic E-state index is 0.468. The largest absolute Gasteiger partial charge is 0.370 e. The van der Waals surface area contributed by atoms with Crippen LogP contribution in [0.1, 0.15) is 59.2 Å². The van der Waals surface area contributed by atoms with Crippen molar-refractivity contribution >= 4 is 5.82 Å². The van der Waals surface area contributed by atoms with Crippen LogP contribution < -0.4 is 5.32 Å². The maximum atomic E-state index is 4.73. The van der Waals surface area contributed by atoms with Gasteiger partial charge in [0.25, 0.3) is 0 Å². The Morgan fingerprint density at radius 3 is 2.53 bits per heavy atom. The van der Waals surface area contributed by atoms with Crippen LogP contribution in [0.2, 0.25) is 0 Å². The third kappa shape index (κ3) is 4.06. The van der Waals surface area contributed by atoms with E-state index in [0.717, 1.165) is 25.8 Å². The monoisotopic (exact) mass is 237 g/mol. The van der Waals surface area contributed by atoms with Crippen LogP contribution in [0.3, 0.4) is 0 Å². The third-order valence-electron chi connectivity index (χ3n) is 2.97. The SMILES string of the molecule is CCCNc1cc(CC(C)C)nn1C(C)CC. The predicted molar refractivity (Wildman–Crippen MR) is 74.6 cm³/mol. The maximum Gasteiger partial charge on any atom is 0.124 e. The van der Waals surface area contributed by atoms with Gasteiger partial charge >= 0.3 is 0 Å². The summed E-state index contributed by atoms with van der Waals surface area (Å²) in [4.78, 5) is 0. The number of nitrogens with zero attached hydrogens (tertiary/aromatic N) is 2. The number of rotatable bonds is 7. The van der Waals surface area contributed by atoms with Crippen LogP contribution in [0.5, 0.6) is 0 Å². The van der Waals surface area contributed by atoms with Gasteiger partial charge in [0.2, 0.25) is 0 Å². The van der Waals surface area contributed by atoms with E-state index in [1.54, 1.807) is 0 Å². The van der Waals surface area contributed by atoms with Crippen LogP contribution in [0.15, 0.2) is 6.07 Å². The van der Waals surface area contributed by atoms with Gasteiger partial charge in [0.15, 0.2) is 0 Å². The molecule has 98 valence electrons. The number of hydrogen-bond acceptors (Lipinski definition) is 2. The van der Waals surface area contributed by atoms with E-state index >= 15 is 0 Å². The van der Waals surface area contributed by atoms with Crippen LogP contribution in [0.4, 0.5) is 5.82 Å². The van der Waals surface area contributed by atoms with Gasteiger partial charge in [0, 0.05) is 12.6 Å². The summed E-state index contributed by atoms with van der Waals surface area (Å²) in [6.07, 6.45) is 3.32. The van der Waals surface area contributed by atoms with E-state index in [0.29, 0.717) is 12.0 Å². The van der Waals surface area contributed by atoms with Gasteiger partial charge in [0.1, 0.15) is 5.82 Å². The van der Waals surface area contributed by atoms with E-state index in [4.69, 9.17) is 5.10 Å².